The second kappa shape index (κ2) is 8.88. The monoisotopic (exact) mass is 431 g/mol. The van der Waals surface area contributed by atoms with E-state index >= 15 is 0 Å². The molecule has 0 bridgehead atoms. The summed E-state index contributed by atoms with van der Waals surface area (Å²) in [5, 5.41) is 4.17. The van der Waals surface area contributed by atoms with Crippen molar-refractivity contribution in [2.45, 2.75) is 37.9 Å². The molecule has 0 radical (unpaired) electrons. The van der Waals surface area contributed by atoms with Crippen molar-refractivity contribution in [3.8, 4) is 0 Å². The number of fused-ring (bicyclic) bond motifs is 1. The zero-order valence-electron chi connectivity index (χ0n) is 16.4. The number of hydrogen-bond donors (Lipinski definition) is 2. The standard InChI is InChI=1S/C21H22ClN3O3S/c1-5-10-29-21-24-18-17(19(26)25-21)16(13-6-8-14(22)9-7-13)15(12(4)23-18)20(27)28-11(2)3/h5-9,11,16H,1,10H2,2-4H3,(H2,23,24,25,26)/t16-/m0/s1. The van der Waals surface area contributed by atoms with Crippen molar-refractivity contribution in [2.75, 3.05) is 11.1 Å². The summed E-state index contributed by atoms with van der Waals surface area (Å²) >= 11 is 7.41. The number of esters is 1. The number of benzene rings is 1. The molecule has 0 unspecified atom stereocenters. The summed E-state index contributed by atoms with van der Waals surface area (Å²) < 4.78 is 5.46. The van der Waals surface area contributed by atoms with Gasteiger partial charge in [0.25, 0.3) is 5.56 Å². The molecule has 1 aliphatic heterocycles. The molecule has 0 spiro atoms. The predicted octanol–water partition coefficient (Wildman–Crippen LogP) is 4.48. The molecule has 2 N–H and O–H groups in total. The first-order chi connectivity index (χ1) is 13.8. The predicted molar refractivity (Wildman–Crippen MR) is 117 cm³/mol. The Morgan fingerprint density at radius 3 is 2.69 bits per heavy atom. The summed E-state index contributed by atoms with van der Waals surface area (Å²) in [6.45, 7) is 9.03. The fourth-order valence-electron chi connectivity index (χ4n) is 3.17. The molecule has 1 atom stereocenters. The van der Waals surface area contributed by atoms with Crippen molar-refractivity contribution in [1.82, 2.24) is 9.97 Å². The third kappa shape index (κ3) is 4.57. The maximum atomic E-state index is 13.0. The molecule has 152 valence electrons. The van der Waals surface area contributed by atoms with Crippen LogP contribution >= 0.6 is 23.4 Å². The van der Waals surface area contributed by atoms with E-state index in [1.807, 2.05) is 0 Å². The number of thioether (sulfide) groups is 1. The van der Waals surface area contributed by atoms with E-state index in [0.29, 0.717) is 38.6 Å². The molecule has 0 fully saturated rings. The highest BCUT2D eigenvalue weighted by Crippen LogP contribution is 2.40. The average molecular weight is 432 g/mol. The highest BCUT2D eigenvalue weighted by Gasteiger charge is 2.36. The van der Waals surface area contributed by atoms with E-state index in [9.17, 15) is 9.59 Å². The van der Waals surface area contributed by atoms with Gasteiger partial charge in [0, 0.05) is 16.5 Å². The fourth-order valence-corrected chi connectivity index (χ4v) is 3.90. The van der Waals surface area contributed by atoms with Gasteiger partial charge in [-0.1, -0.05) is 41.6 Å². The SMILES string of the molecule is C=CCSc1nc2c(c(=O)[nH]1)[C@@H](c1ccc(Cl)cc1)C(C(=O)OC(C)C)=C(C)N2. The van der Waals surface area contributed by atoms with Crippen LogP contribution in [0.1, 0.15) is 37.8 Å². The van der Waals surface area contributed by atoms with Crippen LogP contribution < -0.4 is 10.9 Å². The molecule has 0 saturated heterocycles. The van der Waals surface area contributed by atoms with Crippen LogP contribution in [0.15, 0.2) is 58.1 Å². The number of rotatable bonds is 6. The maximum Gasteiger partial charge on any atom is 0.337 e. The lowest BCUT2D eigenvalue weighted by Gasteiger charge is -2.29. The van der Waals surface area contributed by atoms with Gasteiger partial charge in [-0.2, -0.15) is 0 Å². The first-order valence-electron chi connectivity index (χ1n) is 9.14. The number of hydrogen-bond acceptors (Lipinski definition) is 6. The Balaban J connectivity index is 2.18. The average Bonchev–Trinajstić information content (AvgIpc) is 2.65. The number of allylic oxidation sites excluding steroid dienone is 1. The molecule has 6 nitrogen and oxygen atoms in total. The smallest absolute Gasteiger partial charge is 0.337 e. The molecular formula is C21H22ClN3O3S. The van der Waals surface area contributed by atoms with Crippen molar-refractivity contribution in [1.29, 1.82) is 0 Å². The minimum atomic E-state index is -0.621. The van der Waals surface area contributed by atoms with Crippen LogP contribution in [0.25, 0.3) is 0 Å². The van der Waals surface area contributed by atoms with Gasteiger partial charge in [-0.25, -0.2) is 9.78 Å². The Kier molecular flexibility index (Phi) is 6.49. The maximum absolute atomic E-state index is 13.0. The van der Waals surface area contributed by atoms with Crippen molar-refractivity contribution in [3.63, 3.8) is 0 Å². The zero-order chi connectivity index (χ0) is 21.1. The van der Waals surface area contributed by atoms with Crippen LogP contribution in [0.5, 0.6) is 0 Å². The molecule has 1 aromatic heterocycles. The first-order valence-corrected chi connectivity index (χ1v) is 10.5. The van der Waals surface area contributed by atoms with Gasteiger partial charge in [0.15, 0.2) is 5.16 Å². The molecule has 1 aliphatic rings. The van der Waals surface area contributed by atoms with Crippen LogP contribution in [0.2, 0.25) is 5.02 Å². The zero-order valence-corrected chi connectivity index (χ0v) is 18.0. The minimum Gasteiger partial charge on any atom is -0.460 e. The third-order valence-electron chi connectivity index (χ3n) is 4.32. The second-order valence-electron chi connectivity index (χ2n) is 6.84. The Morgan fingerprint density at radius 1 is 1.38 bits per heavy atom. The van der Waals surface area contributed by atoms with E-state index in [-0.39, 0.29) is 11.7 Å². The van der Waals surface area contributed by atoms with Crippen LogP contribution in [0.3, 0.4) is 0 Å². The number of nitrogens with zero attached hydrogens (tertiary/aromatic N) is 1. The summed E-state index contributed by atoms with van der Waals surface area (Å²) in [6.07, 6.45) is 1.45. The second-order valence-corrected chi connectivity index (χ2v) is 8.28. The number of aromatic amines is 1. The number of aromatic nitrogens is 2. The van der Waals surface area contributed by atoms with E-state index in [2.05, 4.69) is 21.9 Å². The molecule has 0 amide bonds. The quantitative estimate of drug-likeness (QED) is 0.303. The molecular weight excluding hydrogens is 410 g/mol. The van der Waals surface area contributed by atoms with Crippen LogP contribution in [-0.2, 0) is 9.53 Å². The van der Waals surface area contributed by atoms with Crippen molar-refractivity contribution >= 4 is 35.1 Å². The molecule has 0 saturated carbocycles. The lowest BCUT2D eigenvalue weighted by Crippen LogP contribution is -2.31. The van der Waals surface area contributed by atoms with Crippen molar-refractivity contribution in [3.05, 3.63) is 74.7 Å². The van der Waals surface area contributed by atoms with Gasteiger partial charge in [-0.15, -0.1) is 6.58 Å². The largest absolute Gasteiger partial charge is 0.460 e. The minimum absolute atomic E-state index is 0.288. The fraction of sp³-hybridized carbons (Fsp3) is 0.286. The highest BCUT2D eigenvalue weighted by molar-refractivity contribution is 7.99. The number of ether oxygens (including phenoxy) is 1. The van der Waals surface area contributed by atoms with Gasteiger partial charge in [0.1, 0.15) is 5.82 Å². The van der Waals surface area contributed by atoms with Gasteiger partial charge in [0.2, 0.25) is 0 Å². The first kappa shape index (κ1) is 21.2. The Labute approximate surface area is 178 Å². The summed E-state index contributed by atoms with van der Waals surface area (Å²) in [6, 6.07) is 7.07. The molecule has 1 aromatic carbocycles. The number of nitrogens with one attached hydrogen (secondary N) is 2. The van der Waals surface area contributed by atoms with Crippen LogP contribution in [0.4, 0.5) is 5.82 Å². The summed E-state index contributed by atoms with van der Waals surface area (Å²) in [4.78, 5) is 33.3. The van der Waals surface area contributed by atoms with Crippen LogP contribution in [0, 0.1) is 0 Å². The molecule has 3 rings (SSSR count). The van der Waals surface area contributed by atoms with Gasteiger partial charge in [-0.3, -0.25) is 4.79 Å². The van der Waals surface area contributed by atoms with E-state index in [4.69, 9.17) is 16.3 Å². The normalized spacial score (nSPS) is 15.7. The van der Waals surface area contributed by atoms with Gasteiger partial charge in [-0.05, 0) is 38.5 Å². The molecule has 8 heteroatoms. The Bertz CT molecular complexity index is 1030. The molecule has 2 heterocycles. The van der Waals surface area contributed by atoms with Gasteiger partial charge >= 0.3 is 5.97 Å². The number of H-pyrrole nitrogens is 1. The summed E-state index contributed by atoms with van der Waals surface area (Å²) in [5.41, 5.74) is 1.80. The summed E-state index contributed by atoms with van der Waals surface area (Å²) in [5.74, 6) is -0.0493. The lowest BCUT2D eigenvalue weighted by molar-refractivity contribution is -0.143. The Morgan fingerprint density at radius 2 is 2.07 bits per heavy atom. The number of halogens is 1. The Hall–Kier alpha value is -2.51. The van der Waals surface area contributed by atoms with E-state index in [1.54, 1.807) is 51.1 Å². The van der Waals surface area contributed by atoms with Crippen molar-refractivity contribution < 1.29 is 9.53 Å². The highest BCUT2D eigenvalue weighted by atomic mass is 35.5. The number of carbonyl (C=O) groups is 1. The third-order valence-corrected chi connectivity index (χ3v) is 5.45. The van der Waals surface area contributed by atoms with Crippen molar-refractivity contribution in [2.24, 2.45) is 0 Å². The van der Waals surface area contributed by atoms with Gasteiger partial charge < -0.3 is 15.0 Å². The van der Waals surface area contributed by atoms with E-state index in [0.717, 1.165) is 5.56 Å². The summed E-state index contributed by atoms with van der Waals surface area (Å²) in [7, 11) is 0. The molecule has 29 heavy (non-hydrogen) atoms. The number of anilines is 1. The lowest BCUT2D eigenvalue weighted by atomic mass is 9.82. The van der Waals surface area contributed by atoms with Gasteiger partial charge in [0.05, 0.1) is 23.2 Å². The molecule has 0 aliphatic carbocycles. The van der Waals surface area contributed by atoms with E-state index < -0.39 is 11.9 Å². The topological polar surface area (TPSA) is 84.1 Å². The molecule has 2 aromatic rings. The number of carbonyl (C=O) groups excluding carboxylic acids is 1. The van der Waals surface area contributed by atoms with E-state index in [1.165, 1.54) is 11.8 Å². The van der Waals surface area contributed by atoms with Crippen LogP contribution in [-0.4, -0.2) is 27.8 Å².